The fourth-order valence-corrected chi connectivity index (χ4v) is 4.87. The van der Waals surface area contributed by atoms with Crippen molar-refractivity contribution in [1.82, 2.24) is 5.06 Å². The van der Waals surface area contributed by atoms with Crippen LogP contribution in [0.1, 0.15) is 12.8 Å². The minimum atomic E-state index is -1.42. The van der Waals surface area contributed by atoms with Crippen LogP contribution in [0.4, 0.5) is 11.4 Å². The fraction of sp³-hybridized carbons (Fsp3) is 0.200. The number of hydrogen-bond donors (Lipinski definition) is 1. The highest BCUT2D eigenvalue weighted by Crippen LogP contribution is 2.40. The number of benzene rings is 2. The molecular weight excluding hydrogens is 504 g/mol. The average Bonchev–Trinajstić information content (AvgIpc) is 3.18. The highest BCUT2D eigenvalue weighted by molar-refractivity contribution is 6.43. The number of nitrogens with zero attached hydrogens (tertiary/aromatic N) is 3. The molecule has 2 fully saturated rings. The largest absolute Gasteiger partial charge is 0.312 e. The number of amides is 4. The highest BCUT2D eigenvalue weighted by atomic mass is 35.5. The van der Waals surface area contributed by atoms with Crippen molar-refractivity contribution in [2.24, 2.45) is 0 Å². The molecule has 0 unspecified atom stereocenters. The zero-order chi connectivity index (χ0) is 23.3. The van der Waals surface area contributed by atoms with Crippen molar-refractivity contribution in [3.8, 4) is 0 Å². The molecule has 2 saturated heterocycles. The van der Waals surface area contributed by atoms with Gasteiger partial charge in [-0.15, -0.1) is 0 Å². The van der Waals surface area contributed by atoms with Crippen LogP contribution in [0.2, 0.25) is 20.1 Å². The Morgan fingerprint density at radius 3 is 1.31 bits per heavy atom. The van der Waals surface area contributed by atoms with Crippen molar-refractivity contribution in [3.05, 3.63) is 56.5 Å². The Kier molecular flexibility index (Phi) is 6.19. The molecule has 2 aliphatic heterocycles. The summed E-state index contributed by atoms with van der Waals surface area (Å²) in [6.07, 6.45) is -0.886. The minimum Gasteiger partial charge on any atom is -0.312 e. The molecule has 166 valence electrons. The quantitative estimate of drug-likeness (QED) is 0.488. The van der Waals surface area contributed by atoms with Crippen molar-refractivity contribution < 1.29 is 24.4 Å². The summed E-state index contributed by atoms with van der Waals surface area (Å²) in [5, 5.41) is 11.4. The van der Waals surface area contributed by atoms with E-state index in [1.54, 1.807) is 12.1 Å². The second-order valence-electron chi connectivity index (χ2n) is 7.10. The molecule has 32 heavy (non-hydrogen) atoms. The summed E-state index contributed by atoms with van der Waals surface area (Å²) in [6, 6.07) is 6.08. The lowest BCUT2D eigenvalue weighted by molar-refractivity contribution is -0.172. The molecule has 0 spiro atoms. The van der Waals surface area contributed by atoms with E-state index in [0.717, 1.165) is 9.80 Å². The summed E-state index contributed by atoms with van der Waals surface area (Å²) in [7, 11) is 0. The summed E-state index contributed by atoms with van der Waals surface area (Å²) in [4.78, 5) is 52.7. The van der Waals surface area contributed by atoms with Crippen LogP contribution in [0.15, 0.2) is 36.4 Å². The van der Waals surface area contributed by atoms with Gasteiger partial charge in [0.05, 0.1) is 44.3 Å². The molecule has 4 amide bonds. The molecule has 0 radical (unpaired) electrons. The molecular formula is C20H13Cl4N3O5. The molecule has 2 heterocycles. The van der Waals surface area contributed by atoms with Crippen molar-refractivity contribution in [1.29, 1.82) is 0 Å². The van der Waals surface area contributed by atoms with Crippen LogP contribution in [-0.2, 0) is 19.2 Å². The topological polar surface area (TPSA) is 98.2 Å². The van der Waals surface area contributed by atoms with Crippen LogP contribution in [-0.4, -0.2) is 46.0 Å². The predicted molar refractivity (Wildman–Crippen MR) is 118 cm³/mol. The summed E-state index contributed by atoms with van der Waals surface area (Å²) in [6.45, 7) is 0. The number of hydroxylamine groups is 2. The first kappa shape index (κ1) is 23.0. The molecule has 0 saturated carbocycles. The van der Waals surface area contributed by atoms with Gasteiger partial charge in [-0.05, 0) is 24.3 Å². The molecule has 1 N–H and O–H groups in total. The second kappa shape index (κ2) is 8.62. The fourth-order valence-electron chi connectivity index (χ4n) is 3.74. The third-order valence-electron chi connectivity index (χ3n) is 5.21. The van der Waals surface area contributed by atoms with Gasteiger partial charge < -0.3 is 5.21 Å². The van der Waals surface area contributed by atoms with E-state index in [-0.39, 0.29) is 31.5 Å². The molecule has 0 aliphatic carbocycles. The van der Waals surface area contributed by atoms with Crippen LogP contribution >= 0.6 is 46.4 Å². The van der Waals surface area contributed by atoms with Gasteiger partial charge in [-0.3, -0.25) is 19.2 Å². The first-order valence-corrected chi connectivity index (χ1v) is 10.7. The van der Waals surface area contributed by atoms with Gasteiger partial charge in [-0.2, -0.15) is 5.06 Å². The number of imide groups is 2. The monoisotopic (exact) mass is 515 g/mol. The van der Waals surface area contributed by atoms with E-state index >= 15 is 0 Å². The van der Waals surface area contributed by atoms with E-state index in [9.17, 15) is 24.4 Å². The third-order valence-corrected chi connectivity index (χ3v) is 6.43. The Bertz CT molecular complexity index is 1040. The van der Waals surface area contributed by atoms with Gasteiger partial charge >= 0.3 is 0 Å². The van der Waals surface area contributed by atoms with E-state index in [2.05, 4.69) is 0 Å². The zero-order valence-electron chi connectivity index (χ0n) is 16.0. The van der Waals surface area contributed by atoms with Crippen LogP contribution in [0.25, 0.3) is 0 Å². The maximum absolute atomic E-state index is 13.0. The lowest BCUT2D eigenvalue weighted by atomic mass is 10.1. The standard InChI is InChI=1S/C20H13Cl4N3O5/c21-9-3-1-4-10(22)17(9)25-15(28)7-13(19(25)30)27(32)14-8-16(29)26(20(14)31)18-11(23)5-2-6-12(18)24/h1-6,13-14,32H,7-8H2/t13-,14+. The van der Waals surface area contributed by atoms with E-state index in [1.807, 2.05) is 0 Å². The Balaban J connectivity index is 1.62. The molecule has 12 heteroatoms. The molecule has 2 aromatic rings. The smallest absolute Gasteiger partial charge is 0.254 e. The van der Waals surface area contributed by atoms with Crippen molar-refractivity contribution >= 4 is 81.4 Å². The van der Waals surface area contributed by atoms with E-state index in [1.165, 1.54) is 24.3 Å². The third kappa shape index (κ3) is 3.67. The normalized spacial score (nSPS) is 21.4. The van der Waals surface area contributed by atoms with E-state index in [4.69, 9.17) is 46.4 Å². The summed E-state index contributed by atoms with van der Waals surface area (Å²) < 4.78 is 0. The maximum Gasteiger partial charge on any atom is 0.254 e. The Labute approximate surface area is 201 Å². The zero-order valence-corrected chi connectivity index (χ0v) is 19.0. The van der Waals surface area contributed by atoms with Crippen LogP contribution in [0, 0.1) is 0 Å². The van der Waals surface area contributed by atoms with Gasteiger partial charge in [0.1, 0.15) is 12.1 Å². The Hall–Kier alpha value is -2.20. The first-order valence-electron chi connectivity index (χ1n) is 9.22. The predicted octanol–water partition coefficient (Wildman–Crippen LogP) is 3.96. The Morgan fingerprint density at radius 2 is 1.00 bits per heavy atom. The second-order valence-corrected chi connectivity index (χ2v) is 8.72. The number of rotatable bonds is 4. The lowest BCUT2D eigenvalue weighted by Gasteiger charge is -2.26. The van der Waals surface area contributed by atoms with Crippen molar-refractivity contribution in [3.63, 3.8) is 0 Å². The summed E-state index contributed by atoms with van der Waals surface area (Å²) >= 11 is 24.5. The number of hydrogen-bond acceptors (Lipinski definition) is 6. The summed E-state index contributed by atoms with van der Waals surface area (Å²) in [5.41, 5.74) is -0.0277. The Morgan fingerprint density at radius 1 is 0.688 bits per heavy atom. The maximum atomic E-state index is 13.0. The first-order chi connectivity index (χ1) is 15.1. The molecule has 2 aromatic carbocycles. The molecule has 0 bridgehead atoms. The van der Waals surface area contributed by atoms with Gasteiger partial charge in [-0.25, -0.2) is 9.80 Å². The van der Waals surface area contributed by atoms with Gasteiger partial charge in [0, 0.05) is 0 Å². The number of para-hydroxylation sites is 2. The van der Waals surface area contributed by atoms with Crippen LogP contribution in [0.5, 0.6) is 0 Å². The highest BCUT2D eigenvalue weighted by Gasteiger charge is 2.51. The van der Waals surface area contributed by atoms with E-state index in [0.29, 0.717) is 5.06 Å². The molecule has 8 nitrogen and oxygen atoms in total. The van der Waals surface area contributed by atoms with Crippen molar-refractivity contribution in [2.45, 2.75) is 24.9 Å². The molecule has 4 rings (SSSR count). The van der Waals surface area contributed by atoms with Gasteiger partial charge in [0.2, 0.25) is 11.8 Å². The summed E-state index contributed by atoms with van der Waals surface area (Å²) in [5.74, 6) is -3.00. The lowest BCUT2D eigenvalue weighted by Crippen LogP contribution is -2.49. The number of carbonyl (C=O) groups is 4. The van der Waals surface area contributed by atoms with Crippen LogP contribution < -0.4 is 9.80 Å². The van der Waals surface area contributed by atoms with Crippen LogP contribution in [0.3, 0.4) is 0 Å². The van der Waals surface area contributed by atoms with Gasteiger partial charge in [0.25, 0.3) is 11.8 Å². The number of anilines is 2. The van der Waals surface area contributed by atoms with E-state index < -0.39 is 48.6 Å². The molecule has 0 aromatic heterocycles. The number of carbonyl (C=O) groups excluding carboxylic acids is 4. The van der Waals surface area contributed by atoms with Gasteiger partial charge in [-0.1, -0.05) is 58.5 Å². The molecule has 2 aliphatic rings. The van der Waals surface area contributed by atoms with Crippen molar-refractivity contribution in [2.75, 3.05) is 9.80 Å². The SMILES string of the molecule is O=C1C[C@@H](N(O)[C@H]2CC(=O)N(c3c(Cl)cccc3Cl)C2=O)C(=O)N1c1c(Cl)cccc1Cl. The minimum absolute atomic E-state index is 0.0139. The van der Waals surface area contributed by atoms with Gasteiger partial charge in [0.15, 0.2) is 0 Å². The average molecular weight is 517 g/mol. The number of halogens is 4. The molecule has 2 atom stereocenters.